The molecule has 2 aromatic carbocycles. The molecule has 6 nitrogen and oxygen atoms in total. The summed E-state index contributed by atoms with van der Waals surface area (Å²) >= 11 is 0. The summed E-state index contributed by atoms with van der Waals surface area (Å²) in [5.74, 6) is -0.698. The van der Waals surface area contributed by atoms with E-state index in [0.29, 0.717) is 16.7 Å². The lowest BCUT2D eigenvalue weighted by Crippen LogP contribution is -2.29. The molecule has 0 saturated carbocycles. The number of hydrogen-bond donors (Lipinski definition) is 0. The van der Waals surface area contributed by atoms with Gasteiger partial charge in [0.25, 0.3) is 17.5 Å². The molecule has 23 heavy (non-hydrogen) atoms. The van der Waals surface area contributed by atoms with E-state index in [4.69, 9.17) is 0 Å². The van der Waals surface area contributed by atoms with Crippen LogP contribution in [0.2, 0.25) is 0 Å². The molecule has 0 N–H and O–H groups in total. The molecule has 2 amide bonds. The van der Waals surface area contributed by atoms with Crippen molar-refractivity contribution >= 4 is 23.6 Å². The zero-order valence-corrected chi connectivity index (χ0v) is 12.0. The van der Waals surface area contributed by atoms with Crippen LogP contribution < -0.4 is 0 Å². The summed E-state index contributed by atoms with van der Waals surface area (Å²) in [4.78, 5) is 36.0. The van der Waals surface area contributed by atoms with Crippen LogP contribution in [0.4, 0.5) is 5.69 Å². The minimum absolute atomic E-state index is 0.0221. The molecule has 0 saturated heterocycles. The topological polar surface area (TPSA) is 80.5 Å². The monoisotopic (exact) mass is 308 g/mol. The van der Waals surface area contributed by atoms with Gasteiger partial charge in [0, 0.05) is 12.6 Å². The summed E-state index contributed by atoms with van der Waals surface area (Å²) in [5, 5.41) is 10.9. The summed E-state index contributed by atoms with van der Waals surface area (Å²) in [6.07, 6.45) is 3.12. The van der Waals surface area contributed by atoms with Gasteiger partial charge in [0.1, 0.15) is 0 Å². The van der Waals surface area contributed by atoms with E-state index in [1.807, 2.05) is 0 Å². The van der Waals surface area contributed by atoms with E-state index in [9.17, 15) is 19.7 Å². The molecule has 2 aromatic rings. The second-order valence-electron chi connectivity index (χ2n) is 4.98. The quantitative estimate of drug-likeness (QED) is 0.494. The Labute approximate surface area is 131 Å². The summed E-state index contributed by atoms with van der Waals surface area (Å²) in [6.45, 7) is 0.0679. The summed E-state index contributed by atoms with van der Waals surface area (Å²) in [5.41, 5.74) is 1.17. The average molecular weight is 308 g/mol. The Hall–Kier alpha value is -3.28. The van der Waals surface area contributed by atoms with Gasteiger partial charge in [-0.25, -0.2) is 0 Å². The van der Waals surface area contributed by atoms with Gasteiger partial charge in [-0.3, -0.25) is 24.6 Å². The first kappa shape index (κ1) is 14.6. The Morgan fingerprint density at radius 3 is 2.13 bits per heavy atom. The lowest BCUT2D eigenvalue weighted by Gasteiger charge is -2.10. The van der Waals surface area contributed by atoms with Crippen LogP contribution in [0.3, 0.4) is 0 Å². The molecule has 0 spiro atoms. The molecule has 0 unspecified atom stereocenters. The van der Waals surface area contributed by atoms with E-state index in [0.717, 1.165) is 4.90 Å². The second kappa shape index (κ2) is 5.84. The Bertz CT molecular complexity index is 807. The molecule has 0 atom stereocenters. The van der Waals surface area contributed by atoms with Crippen LogP contribution >= 0.6 is 0 Å². The smallest absolute Gasteiger partial charge is 0.270 e. The van der Waals surface area contributed by atoms with Gasteiger partial charge < -0.3 is 0 Å². The van der Waals surface area contributed by atoms with Crippen molar-refractivity contribution in [2.45, 2.75) is 0 Å². The number of nitrogens with zero attached hydrogens (tertiary/aromatic N) is 2. The van der Waals surface area contributed by atoms with Crippen molar-refractivity contribution in [3.8, 4) is 0 Å². The first-order valence-electron chi connectivity index (χ1n) is 6.95. The number of carbonyl (C=O) groups is 2. The van der Waals surface area contributed by atoms with Crippen LogP contribution in [-0.4, -0.2) is 28.2 Å². The molecule has 6 heteroatoms. The highest BCUT2D eigenvalue weighted by molar-refractivity contribution is 6.21. The first-order chi connectivity index (χ1) is 11.1. The lowest BCUT2D eigenvalue weighted by atomic mass is 10.1. The molecule has 1 aliphatic rings. The minimum atomic E-state index is -0.471. The number of carbonyl (C=O) groups excluding carboxylic acids is 2. The Morgan fingerprint density at radius 2 is 1.52 bits per heavy atom. The minimum Gasteiger partial charge on any atom is -0.270 e. The Balaban J connectivity index is 1.79. The number of imide groups is 1. The molecule has 1 heterocycles. The van der Waals surface area contributed by atoms with Crippen molar-refractivity contribution in [3.63, 3.8) is 0 Å². The van der Waals surface area contributed by atoms with E-state index >= 15 is 0 Å². The summed E-state index contributed by atoms with van der Waals surface area (Å²) < 4.78 is 0. The zero-order valence-electron chi connectivity index (χ0n) is 12.0. The fraction of sp³-hybridized carbons (Fsp3) is 0.0588. The number of benzene rings is 2. The van der Waals surface area contributed by atoms with E-state index < -0.39 is 4.92 Å². The van der Waals surface area contributed by atoms with Gasteiger partial charge in [-0.1, -0.05) is 36.4 Å². The average Bonchev–Trinajstić information content (AvgIpc) is 2.80. The van der Waals surface area contributed by atoms with E-state index in [1.54, 1.807) is 54.6 Å². The van der Waals surface area contributed by atoms with Crippen LogP contribution in [0.1, 0.15) is 26.3 Å². The number of rotatable bonds is 4. The van der Waals surface area contributed by atoms with Crippen LogP contribution in [-0.2, 0) is 0 Å². The number of para-hydroxylation sites is 1. The number of nitro groups is 1. The zero-order chi connectivity index (χ0) is 16.4. The molecule has 0 fully saturated rings. The molecule has 1 aliphatic heterocycles. The molecular formula is C17H12N2O4. The molecule has 0 bridgehead atoms. The summed E-state index contributed by atoms with van der Waals surface area (Å²) in [7, 11) is 0. The highest BCUT2D eigenvalue weighted by Crippen LogP contribution is 2.23. The van der Waals surface area contributed by atoms with Gasteiger partial charge in [-0.15, -0.1) is 0 Å². The van der Waals surface area contributed by atoms with Gasteiger partial charge in [0.05, 0.1) is 21.6 Å². The third kappa shape index (κ3) is 2.62. The third-order valence-electron chi connectivity index (χ3n) is 3.60. The van der Waals surface area contributed by atoms with E-state index in [1.165, 1.54) is 6.07 Å². The van der Waals surface area contributed by atoms with Gasteiger partial charge in [-0.2, -0.15) is 0 Å². The second-order valence-corrected chi connectivity index (χ2v) is 4.98. The van der Waals surface area contributed by atoms with Crippen molar-refractivity contribution < 1.29 is 14.5 Å². The number of amides is 2. The maximum atomic E-state index is 12.2. The standard InChI is InChI=1S/C17H12N2O4/c20-16-13-8-2-3-9-14(13)17(21)18(16)11-5-7-12-6-1-4-10-15(12)19(22)23/h1-10H,11H2. The molecule has 0 aliphatic carbocycles. The van der Waals surface area contributed by atoms with E-state index in [2.05, 4.69) is 0 Å². The van der Waals surface area contributed by atoms with Gasteiger partial charge in [0.2, 0.25) is 0 Å². The lowest BCUT2D eigenvalue weighted by molar-refractivity contribution is -0.385. The van der Waals surface area contributed by atoms with Crippen LogP contribution in [0.5, 0.6) is 0 Å². The largest absolute Gasteiger partial charge is 0.276 e. The Kier molecular flexibility index (Phi) is 3.72. The van der Waals surface area contributed by atoms with Crippen molar-refractivity contribution in [2.75, 3.05) is 6.54 Å². The molecular weight excluding hydrogens is 296 g/mol. The first-order valence-corrected chi connectivity index (χ1v) is 6.95. The highest BCUT2D eigenvalue weighted by atomic mass is 16.6. The van der Waals surface area contributed by atoms with Gasteiger partial charge >= 0.3 is 0 Å². The van der Waals surface area contributed by atoms with Crippen molar-refractivity contribution in [1.29, 1.82) is 0 Å². The van der Waals surface area contributed by atoms with Crippen molar-refractivity contribution in [2.24, 2.45) is 0 Å². The highest BCUT2D eigenvalue weighted by Gasteiger charge is 2.34. The van der Waals surface area contributed by atoms with Crippen LogP contribution in [0, 0.1) is 10.1 Å². The third-order valence-corrected chi connectivity index (χ3v) is 3.60. The normalized spacial score (nSPS) is 13.7. The van der Waals surface area contributed by atoms with E-state index in [-0.39, 0.29) is 24.0 Å². The van der Waals surface area contributed by atoms with Gasteiger partial charge in [-0.05, 0) is 18.2 Å². The fourth-order valence-corrected chi connectivity index (χ4v) is 2.48. The van der Waals surface area contributed by atoms with Crippen molar-refractivity contribution in [1.82, 2.24) is 4.90 Å². The maximum Gasteiger partial charge on any atom is 0.276 e. The number of nitro benzene ring substituents is 1. The molecule has 0 radical (unpaired) electrons. The SMILES string of the molecule is O=C1c2ccccc2C(=O)N1CC=Cc1ccccc1[N+](=O)[O-]. The molecule has 0 aromatic heterocycles. The van der Waals surface area contributed by atoms with Crippen LogP contribution in [0.15, 0.2) is 54.6 Å². The molecule has 114 valence electrons. The fourth-order valence-electron chi connectivity index (χ4n) is 2.48. The number of fused-ring (bicyclic) bond motifs is 1. The van der Waals surface area contributed by atoms with Gasteiger partial charge in [0.15, 0.2) is 0 Å². The van der Waals surface area contributed by atoms with Crippen molar-refractivity contribution in [3.05, 3.63) is 81.4 Å². The number of hydrogen-bond acceptors (Lipinski definition) is 4. The van der Waals surface area contributed by atoms with Crippen LogP contribution in [0.25, 0.3) is 6.08 Å². The maximum absolute atomic E-state index is 12.2. The predicted octanol–water partition coefficient (Wildman–Crippen LogP) is 2.90. The predicted molar refractivity (Wildman–Crippen MR) is 83.9 cm³/mol. The summed E-state index contributed by atoms with van der Waals surface area (Å²) in [6, 6.07) is 12.9. The Morgan fingerprint density at radius 1 is 0.957 bits per heavy atom. The molecule has 3 rings (SSSR count).